The summed E-state index contributed by atoms with van der Waals surface area (Å²) in [6.45, 7) is 3.81. The molecule has 1 heterocycles. The Labute approximate surface area is 125 Å². The molecule has 21 heavy (non-hydrogen) atoms. The van der Waals surface area contributed by atoms with Crippen molar-refractivity contribution >= 4 is 22.6 Å². The van der Waals surface area contributed by atoms with E-state index in [0.717, 1.165) is 0 Å². The largest absolute Gasteiger partial charge is 0.492 e. The van der Waals surface area contributed by atoms with Crippen LogP contribution in [0.4, 0.5) is 13.2 Å². The highest BCUT2D eigenvalue weighted by Gasteiger charge is 2.32. The van der Waals surface area contributed by atoms with Crippen molar-refractivity contribution in [2.45, 2.75) is 38.4 Å². The van der Waals surface area contributed by atoms with Crippen LogP contribution in [0.25, 0.3) is 11.0 Å². The van der Waals surface area contributed by atoms with Gasteiger partial charge >= 0.3 is 6.18 Å². The zero-order valence-corrected chi connectivity index (χ0v) is 12.5. The Morgan fingerprint density at radius 1 is 1.38 bits per heavy atom. The van der Waals surface area contributed by atoms with Crippen LogP contribution >= 0.6 is 11.6 Å². The van der Waals surface area contributed by atoms with Crippen molar-refractivity contribution in [2.24, 2.45) is 0 Å². The molecule has 3 nitrogen and oxygen atoms in total. The first-order chi connectivity index (χ1) is 9.87. The van der Waals surface area contributed by atoms with Crippen LogP contribution in [0.3, 0.4) is 0 Å². The Morgan fingerprint density at radius 3 is 2.67 bits per heavy atom. The molecule has 0 fully saturated rings. The fraction of sp³-hybridized carbons (Fsp3) is 0.500. The Balaban J connectivity index is 2.54. The summed E-state index contributed by atoms with van der Waals surface area (Å²) < 4.78 is 44.9. The predicted molar refractivity (Wildman–Crippen MR) is 75.8 cm³/mol. The molecule has 0 spiro atoms. The van der Waals surface area contributed by atoms with E-state index in [4.69, 9.17) is 16.3 Å². The summed E-state index contributed by atoms with van der Waals surface area (Å²) in [5, 5.41) is 0. The van der Waals surface area contributed by atoms with Crippen LogP contribution in [0.15, 0.2) is 18.2 Å². The summed E-state index contributed by atoms with van der Waals surface area (Å²) in [6, 6.07) is 4.44. The molecule has 0 saturated carbocycles. The van der Waals surface area contributed by atoms with Gasteiger partial charge in [0.2, 0.25) is 0 Å². The minimum atomic E-state index is -4.24. The summed E-state index contributed by atoms with van der Waals surface area (Å²) in [5.74, 6) is 1.01. The van der Waals surface area contributed by atoms with Gasteiger partial charge in [0.05, 0.1) is 24.4 Å². The zero-order chi connectivity index (χ0) is 15.6. The maximum Gasteiger partial charge on any atom is 0.391 e. The van der Waals surface area contributed by atoms with Crippen molar-refractivity contribution in [1.29, 1.82) is 0 Å². The molecule has 0 aliphatic rings. The molecule has 0 amide bonds. The molecule has 2 aromatic rings. The Hall–Kier alpha value is -1.43. The topological polar surface area (TPSA) is 27.1 Å². The molecule has 1 aromatic carbocycles. The second kappa shape index (κ2) is 6.13. The van der Waals surface area contributed by atoms with Crippen molar-refractivity contribution in [3.05, 3.63) is 24.0 Å². The van der Waals surface area contributed by atoms with E-state index in [1.165, 1.54) is 6.92 Å². The summed E-state index contributed by atoms with van der Waals surface area (Å²) in [5.41, 5.74) is 1.15. The lowest BCUT2D eigenvalue weighted by Crippen LogP contribution is -2.17. The molecule has 1 atom stereocenters. The first kappa shape index (κ1) is 15.9. The Kier molecular flexibility index (Phi) is 4.66. The van der Waals surface area contributed by atoms with Crippen LogP contribution in [0.1, 0.15) is 32.1 Å². The minimum absolute atomic E-state index is 0.0441. The van der Waals surface area contributed by atoms with E-state index in [9.17, 15) is 13.2 Å². The van der Waals surface area contributed by atoms with Gasteiger partial charge in [-0.15, -0.1) is 11.6 Å². The van der Waals surface area contributed by atoms with Crippen LogP contribution < -0.4 is 4.74 Å². The molecule has 116 valence electrons. The maximum atomic E-state index is 12.6. The van der Waals surface area contributed by atoms with Gasteiger partial charge < -0.3 is 9.30 Å². The zero-order valence-electron chi connectivity index (χ0n) is 11.7. The number of imidazole rings is 1. The van der Waals surface area contributed by atoms with Gasteiger partial charge in [-0.2, -0.15) is 13.2 Å². The van der Waals surface area contributed by atoms with Crippen molar-refractivity contribution in [3.63, 3.8) is 0 Å². The van der Waals surface area contributed by atoms with Crippen LogP contribution in [0, 0.1) is 0 Å². The molecule has 0 saturated heterocycles. The monoisotopic (exact) mass is 320 g/mol. The molecule has 1 unspecified atom stereocenters. The lowest BCUT2D eigenvalue weighted by atomic mass is 10.2. The normalized spacial score (nSPS) is 13.6. The molecule has 0 aliphatic carbocycles. The van der Waals surface area contributed by atoms with Gasteiger partial charge in [0.1, 0.15) is 17.1 Å². The number of rotatable bonds is 5. The standard InChI is InChI=1S/C14H16ClF3N2O/c1-3-21-11-6-4-5-10-13(11)19-12(8-15)20(10)9(2)7-14(16,17)18/h4-6,9H,3,7-8H2,1-2H3. The lowest BCUT2D eigenvalue weighted by Gasteiger charge is -2.18. The third-order valence-electron chi connectivity index (χ3n) is 3.14. The van der Waals surface area contributed by atoms with Gasteiger partial charge in [-0.25, -0.2) is 4.98 Å². The van der Waals surface area contributed by atoms with E-state index in [2.05, 4.69) is 4.98 Å². The first-order valence-corrected chi connectivity index (χ1v) is 7.16. The van der Waals surface area contributed by atoms with Gasteiger partial charge in [-0.05, 0) is 26.0 Å². The molecule has 2 rings (SSSR count). The van der Waals surface area contributed by atoms with Crippen LogP contribution in [-0.2, 0) is 5.88 Å². The van der Waals surface area contributed by atoms with Gasteiger partial charge in [0, 0.05) is 6.04 Å². The van der Waals surface area contributed by atoms with Crippen LogP contribution in [-0.4, -0.2) is 22.3 Å². The number of halogens is 4. The highest BCUT2D eigenvalue weighted by atomic mass is 35.5. The van der Waals surface area contributed by atoms with Crippen LogP contribution in [0.5, 0.6) is 5.75 Å². The average molecular weight is 321 g/mol. The van der Waals surface area contributed by atoms with Crippen molar-refractivity contribution < 1.29 is 17.9 Å². The summed E-state index contributed by atoms with van der Waals surface area (Å²) >= 11 is 5.84. The molecule has 1 aromatic heterocycles. The van der Waals surface area contributed by atoms with Gasteiger partial charge in [-0.3, -0.25) is 0 Å². The van der Waals surface area contributed by atoms with E-state index in [1.54, 1.807) is 22.8 Å². The number of ether oxygens (including phenoxy) is 1. The lowest BCUT2D eigenvalue weighted by molar-refractivity contribution is -0.141. The molecule has 0 N–H and O–H groups in total. The van der Waals surface area contributed by atoms with E-state index in [0.29, 0.717) is 29.2 Å². The number of para-hydroxylation sites is 1. The van der Waals surface area contributed by atoms with Gasteiger partial charge in [0.25, 0.3) is 0 Å². The fourth-order valence-electron chi connectivity index (χ4n) is 2.42. The third kappa shape index (κ3) is 3.43. The smallest absolute Gasteiger partial charge is 0.391 e. The number of hydrogen-bond acceptors (Lipinski definition) is 2. The van der Waals surface area contributed by atoms with E-state index < -0.39 is 18.6 Å². The fourth-order valence-corrected chi connectivity index (χ4v) is 2.61. The number of aromatic nitrogens is 2. The highest BCUT2D eigenvalue weighted by molar-refractivity contribution is 6.16. The Morgan fingerprint density at radius 2 is 2.10 bits per heavy atom. The number of hydrogen-bond donors (Lipinski definition) is 0. The number of fused-ring (bicyclic) bond motifs is 1. The van der Waals surface area contributed by atoms with E-state index in [-0.39, 0.29) is 5.88 Å². The van der Waals surface area contributed by atoms with Gasteiger partial charge in [0.15, 0.2) is 0 Å². The summed E-state index contributed by atoms with van der Waals surface area (Å²) in [6.07, 6.45) is -5.17. The number of benzene rings is 1. The quantitative estimate of drug-likeness (QED) is 0.747. The molecule has 0 radical (unpaired) electrons. The SMILES string of the molecule is CCOc1cccc2c1nc(CCl)n2C(C)CC(F)(F)F. The van der Waals surface area contributed by atoms with E-state index in [1.807, 2.05) is 6.92 Å². The molecule has 0 bridgehead atoms. The highest BCUT2D eigenvalue weighted by Crippen LogP contribution is 2.34. The number of nitrogens with zero attached hydrogens (tertiary/aromatic N) is 2. The summed E-state index contributed by atoms with van der Waals surface area (Å²) in [7, 11) is 0. The Bertz CT molecular complexity index is 624. The maximum absolute atomic E-state index is 12.6. The van der Waals surface area contributed by atoms with Crippen molar-refractivity contribution in [3.8, 4) is 5.75 Å². The average Bonchev–Trinajstić information content (AvgIpc) is 2.76. The second-order valence-corrected chi connectivity index (χ2v) is 5.02. The van der Waals surface area contributed by atoms with Crippen LogP contribution in [0.2, 0.25) is 0 Å². The molecule has 0 aliphatic heterocycles. The molecular formula is C14H16ClF3N2O. The number of alkyl halides is 4. The van der Waals surface area contributed by atoms with Crippen molar-refractivity contribution in [1.82, 2.24) is 9.55 Å². The van der Waals surface area contributed by atoms with Gasteiger partial charge in [-0.1, -0.05) is 6.07 Å². The molecule has 7 heteroatoms. The van der Waals surface area contributed by atoms with Crippen molar-refractivity contribution in [2.75, 3.05) is 6.61 Å². The predicted octanol–water partition coefficient (Wildman–Crippen LogP) is 4.69. The van der Waals surface area contributed by atoms with E-state index >= 15 is 0 Å². The minimum Gasteiger partial charge on any atom is -0.492 e. The third-order valence-corrected chi connectivity index (χ3v) is 3.38. The second-order valence-electron chi connectivity index (χ2n) is 4.76. The first-order valence-electron chi connectivity index (χ1n) is 6.62. The molecular weight excluding hydrogens is 305 g/mol. The summed E-state index contributed by atoms with van der Waals surface area (Å²) in [4.78, 5) is 4.34.